The molecule has 0 N–H and O–H groups in total. The molecule has 0 saturated heterocycles. The number of alkyl halides is 1. The van der Waals surface area contributed by atoms with Gasteiger partial charge in [0.2, 0.25) is 0 Å². The molecule has 0 aliphatic heterocycles. The Bertz CT molecular complexity index is 281. The smallest absolute Gasteiger partial charge is 0.122 e. The molecule has 1 rings (SSSR count). The van der Waals surface area contributed by atoms with Crippen LogP contribution in [-0.4, -0.2) is 12.4 Å². The quantitative estimate of drug-likeness (QED) is 0.739. The fraction of sp³-hybridized carbons (Fsp3) is 0.455. The second-order valence-electron chi connectivity index (χ2n) is 3.72. The van der Waals surface area contributed by atoms with Gasteiger partial charge in [-0.3, -0.25) is 0 Å². The van der Waals surface area contributed by atoms with Crippen molar-refractivity contribution in [1.29, 1.82) is 0 Å². The van der Waals surface area contributed by atoms with Crippen LogP contribution >= 0.6 is 15.9 Å². The maximum Gasteiger partial charge on any atom is 0.122 e. The van der Waals surface area contributed by atoms with Crippen LogP contribution in [0.4, 0.5) is 0 Å². The molecule has 2 heteroatoms. The Morgan fingerprint density at radius 1 is 1.31 bits per heavy atom. The second-order valence-corrected chi connectivity index (χ2v) is 4.28. The zero-order valence-electron chi connectivity index (χ0n) is 8.30. The van der Waals surface area contributed by atoms with Gasteiger partial charge in [-0.25, -0.2) is 0 Å². The molecule has 0 aliphatic rings. The molecule has 72 valence electrons. The fourth-order valence-electron chi connectivity index (χ4n) is 1.28. The van der Waals surface area contributed by atoms with E-state index in [9.17, 15) is 0 Å². The van der Waals surface area contributed by atoms with Crippen molar-refractivity contribution in [3.63, 3.8) is 0 Å². The van der Waals surface area contributed by atoms with E-state index in [0.29, 0.717) is 0 Å². The predicted molar refractivity (Wildman–Crippen MR) is 59.8 cm³/mol. The molecule has 1 aromatic carbocycles. The maximum absolute atomic E-state index is 5.31. The molecule has 0 amide bonds. The van der Waals surface area contributed by atoms with Crippen LogP contribution in [0.15, 0.2) is 24.3 Å². The van der Waals surface area contributed by atoms with Crippen LogP contribution in [0.2, 0.25) is 0 Å². The van der Waals surface area contributed by atoms with Gasteiger partial charge in [0, 0.05) is 16.3 Å². The lowest BCUT2D eigenvalue weighted by Gasteiger charge is -2.24. The summed E-state index contributed by atoms with van der Waals surface area (Å²) in [7, 11) is 1.71. The van der Waals surface area contributed by atoms with Crippen molar-refractivity contribution in [2.75, 3.05) is 12.4 Å². The van der Waals surface area contributed by atoms with Crippen LogP contribution in [0.5, 0.6) is 5.75 Å². The molecule has 0 fully saturated rings. The lowest BCUT2D eigenvalue weighted by atomic mass is 9.86. The highest BCUT2D eigenvalue weighted by atomic mass is 79.9. The van der Waals surface area contributed by atoms with Crippen molar-refractivity contribution in [2.24, 2.45) is 0 Å². The molecular formula is C11H15BrO. The molecule has 0 atom stereocenters. The fourth-order valence-corrected chi connectivity index (χ4v) is 1.58. The highest BCUT2D eigenvalue weighted by Crippen LogP contribution is 2.32. The Hall–Kier alpha value is -0.500. The van der Waals surface area contributed by atoms with Crippen molar-refractivity contribution in [2.45, 2.75) is 19.3 Å². The van der Waals surface area contributed by atoms with Crippen LogP contribution in [0.1, 0.15) is 19.4 Å². The van der Waals surface area contributed by atoms with Gasteiger partial charge in [-0.15, -0.1) is 0 Å². The molecule has 0 saturated carbocycles. The summed E-state index contributed by atoms with van der Waals surface area (Å²) in [5, 5.41) is 0.931. The molecule has 1 nitrogen and oxygen atoms in total. The molecule has 0 spiro atoms. The number of methoxy groups -OCH3 is 1. The average Bonchev–Trinajstić information content (AvgIpc) is 2.18. The second kappa shape index (κ2) is 4.14. The number of para-hydroxylation sites is 1. The first kappa shape index (κ1) is 10.6. The largest absolute Gasteiger partial charge is 0.496 e. The van der Waals surface area contributed by atoms with Crippen LogP contribution in [0.3, 0.4) is 0 Å². The van der Waals surface area contributed by atoms with Gasteiger partial charge in [-0.05, 0) is 6.07 Å². The van der Waals surface area contributed by atoms with E-state index in [1.54, 1.807) is 7.11 Å². The molecule has 0 bridgehead atoms. The van der Waals surface area contributed by atoms with Gasteiger partial charge in [0.05, 0.1) is 7.11 Å². The van der Waals surface area contributed by atoms with Gasteiger partial charge in [-0.2, -0.15) is 0 Å². The molecule has 1 aromatic rings. The van der Waals surface area contributed by atoms with Crippen LogP contribution in [-0.2, 0) is 5.41 Å². The number of hydrogen-bond donors (Lipinski definition) is 0. The van der Waals surface area contributed by atoms with Crippen LogP contribution in [0.25, 0.3) is 0 Å². The first-order valence-electron chi connectivity index (χ1n) is 4.31. The number of ether oxygens (including phenoxy) is 1. The first-order valence-corrected chi connectivity index (χ1v) is 5.43. The Kier molecular flexibility index (Phi) is 3.37. The van der Waals surface area contributed by atoms with Crippen molar-refractivity contribution in [3.8, 4) is 5.75 Å². The van der Waals surface area contributed by atoms with Gasteiger partial charge in [-0.1, -0.05) is 48.0 Å². The van der Waals surface area contributed by atoms with Gasteiger partial charge in [0.25, 0.3) is 0 Å². The molecular weight excluding hydrogens is 228 g/mol. The van der Waals surface area contributed by atoms with E-state index in [4.69, 9.17) is 4.74 Å². The monoisotopic (exact) mass is 242 g/mol. The van der Waals surface area contributed by atoms with E-state index in [0.717, 1.165) is 11.1 Å². The summed E-state index contributed by atoms with van der Waals surface area (Å²) in [6.45, 7) is 4.39. The van der Waals surface area contributed by atoms with Crippen LogP contribution < -0.4 is 4.74 Å². The van der Waals surface area contributed by atoms with E-state index in [1.165, 1.54) is 5.56 Å². The van der Waals surface area contributed by atoms with Crippen molar-refractivity contribution < 1.29 is 4.74 Å². The number of benzene rings is 1. The van der Waals surface area contributed by atoms with E-state index in [2.05, 4.69) is 35.8 Å². The van der Waals surface area contributed by atoms with Gasteiger partial charge in [0.1, 0.15) is 5.75 Å². The summed E-state index contributed by atoms with van der Waals surface area (Å²) in [5.74, 6) is 0.965. The highest BCUT2D eigenvalue weighted by Gasteiger charge is 2.22. The summed E-state index contributed by atoms with van der Waals surface area (Å²) in [4.78, 5) is 0. The van der Waals surface area contributed by atoms with E-state index in [1.807, 2.05) is 18.2 Å². The molecule has 0 aliphatic carbocycles. The number of hydrogen-bond acceptors (Lipinski definition) is 1. The Morgan fingerprint density at radius 3 is 2.46 bits per heavy atom. The van der Waals surface area contributed by atoms with E-state index >= 15 is 0 Å². The van der Waals surface area contributed by atoms with Gasteiger partial charge >= 0.3 is 0 Å². The third kappa shape index (κ3) is 2.25. The molecule has 13 heavy (non-hydrogen) atoms. The first-order chi connectivity index (χ1) is 6.11. The third-order valence-electron chi connectivity index (χ3n) is 2.17. The summed E-state index contributed by atoms with van der Waals surface area (Å²) >= 11 is 3.52. The average molecular weight is 243 g/mol. The maximum atomic E-state index is 5.31. The summed E-state index contributed by atoms with van der Waals surface area (Å²) < 4.78 is 5.31. The summed E-state index contributed by atoms with van der Waals surface area (Å²) in [5.41, 5.74) is 1.36. The van der Waals surface area contributed by atoms with Crippen molar-refractivity contribution in [1.82, 2.24) is 0 Å². The zero-order chi connectivity index (χ0) is 9.90. The topological polar surface area (TPSA) is 9.23 Å². The summed E-state index contributed by atoms with van der Waals surface area (Å²) in [6, 6.07) is 8.15. The van der Waals surface area contributed by atoms with Crippen molar-refractivity contribution >= 4 is 15.9 Å². The molecule has 0 unspecified atom stereocenters. The Balaban J connectivity index is 3.12. The zero-order valence-corrected chi connectivity index (χ0v) is 9.89. The van der Waals surface area contributed by atoms with Gasteiger partial charge in [0.15, 0.2) is 0 Å². The lowest BCUT2D eigenvalue weighted by molar-refractivity contribution is 0.398. The number of rotatable bonds is 3. The third-order valence-corrected chi connectivity index (χ3v) is 3.57. The van der Waals surface area contributed by atoms with E-state index in [-0.39, 0.29) is 5.41 Å². The SMILES string of the molecule is COc1ccccc1C(C)(C)CBr. The normalized spacial score (nSPS) is 11.4. The minimum atomic E-state index is 0.118. The standard InChI is InChI=1S/C11H15BrO/c1-11(2,8-12)9-6-4-5-7-10(9)13-3/h4-7H,8H2,1-3H3. The Morgan fingerprint density at radius 2 is 1.92 bits per heavy atom. The van der Waals surface area contributed by atoms with Crippen molar-refractivity contribution in [3.05, 3.63) is 29.8 Å². The molecule has 0 heterocycles. The number of halogens is 1. The van der Waals surface area contributed by atoms with Crippen LogP contribution in [0, 0.1) is 0 Å². The van der Waals surface area contributed by atoms with Gasteiger partial charge < -0.3 is 4.74 Å². The minimum Gasteiger partial charge on any atom is -0.496 e. The lowest BCUT2D eigenvalue weighted by Crippen LogP contribution is -2.19. The highest BCUT2D eigenvalue weighted by molar-refractivity contribution is 9.09. The summed E-state index contributed by atoms with van der Waals surface area (Å²) in [6.07, 6.45) is 0. The minimum absolute atomic E-state index is 0.118. The molecule has 0 radical (unpaired) electrons. The Labute approximate surface area is 88.2 Å². The predicted octanol–water partition coefficient (Wildman–Crippen LogP) is 3.37. The van der Waals surface area contributed by atoms with E-state index < -0.39 is 0 Å². The molecule has 0 aromatic heterocycles.